The van der Waals surface area contributed by atoms with Crippen molar-refractivity contribution < 1.29 is 0 Å². The Labute approximate surface area is 107 Å². The lowest BCUT2D eigenvalue weighted by molar-refractivity contribution is 0.197. The average molecular weight is 244 g/mol. The molecule has 4 heteroatoms. The van der Waals surface area contributed by atoms with Crippen LogP contribution in [-0.2, 0) is 0 Å². The second kappa shape index (κ2) is 3.97. The number of hydrogen-bond acceptors (Lipinski definition) is 3. The maximum absolute atomic E-state index is 6.08. The summed E-state index contributed by atoms with van der Waals surface area (Å²) in [6.45, 7) is 4.70. The molecule has 4 nitrogen and oxygen atoms in total. The minimum atomic E-state index is 0.475. The molecule has 18 heavy (non-hydrogen) atoms. The first-order chi connectivity index (χ1) is 8.57. The predicted molar refractivity (Wildman–Crippen MR) is 73.2 cm³/mol. The maximum Gasteiger partial charge on any atom is 0.201 e. The molecule has 2 aromatic rings. The number of hydrogen-bond donors (Lipinski definition) is 1. The molecule has 0 radical (unpaired) electrons. The number of fused-ring (bicyclic) bond motifs is 1. The lowest BCUT2D eigenvalue weighted by atomic mass is 9.75. The highest BCUT2D eigenvalue weighted by Gasteiger charge is 2.29. The minimum absolute atomic E-state index is 0.475. The molecule has 0 aromatic carbocycles. The van der Waals surface area contributed by atoms with Gasteiger partial charge < -0.3 is 10.3 Å². The van der Waals surface area contributed by atoms with Crippen LogP contribution in [0.25, 0.3) is 11.0 Å². The van der Waals surface area contributed by atoms with Crippen LogP contribution < -0.4 is 5.73 Å². The molecule has 1 fully saturated rings. The van der Waals surface area contributed by atoms with E-state index < -0.39 is 0 Å². The van der Waals surface area contributed by atoms with Gasteiger partial charge in [0.15, 0.2) is 0 Å². The fraction of sp³-hybridized carbons (Fsp3) is 0.571. The van der Waals surface area contributed by atoms with E-state index in [1.807, 2.05) is 12.3 Å². The van der Waals surface area contributed by atoms with Crippen LogP contribution in [0.15, 0.2) is 18.5 Å². The van der Waals surface area contributed by atoms with Gasteiger partial charge in [-0.15, -0.1) is 0 Å². The van der Waals surface area contributed by atoms with Crippen LogP contribution in [0.4, 0.5) is 5.95 Å². The largest absolute Gasteiger partial charge is 0.369 e. The van der Waals surface area contributed by atoms with Gasteiger partial charge in [0.05, 0.1) is 11.7 Å². The van der Waals surface area contributed by atoms with Crippen molar-refractivity contribution in [2.45, 2.75) is 45.6 Å². The van der Waals surface area contributed by atoms with Crippen LogP contribution in [0, 0.1) is 5.41 Å². The normalized spacial score (nSPS) is 20.3. The van der Waals surface area contributed by atoms with Crippen LogP contribution in [0.1, 0.15) is 45.6 Å². The molecular weight excluding hydrogens is 224 g/mol. The third-order valence-electron chi connectivity index (χ3n) is 4.19. The van der Waals surface area contributed by atoms with E-state index in [1.165, 1.54) is 25.7 Å². The summed E-state index contributed by atoms with van der Waals surface area (Å²) < 4.78 is 2.20. The number of nitrogens with zero attached hydrogens (tertiary/aromatic N) is 3. The molecule has 1 saturated carbocycles. The van der Waals surface area contributed by atoms with Crippen molar-refractivity contribution in [3.8, 4) is 0 Å². The van der Waals surface area contributed by atoms with Gasteiger partial charge in [-0.3, -0.25) is 4.98 Å². The number of pyridine rings is 1. The highest BCUT2D eigenvalue weighted by Crippen LogP contribution is 2.41. The molecule has 0 atom stereocenters. The molecule has 2 N–H and O–H groups in total. The Morgan fingerprint density at radius 2 is 2.06 bits per heavy atom. The van der Waals surface area contributed by atoms with Crippen molar-refractivity contribution in [1.82, 2.24) is 14.5 Å². The van der Waals surface area contributed by atoms with Crippen LogP contribution >= 0.6 is 0 Å². The maximum atomic E-state index is 6.08. The number of imidazole rings is 1. The molecule has 0 amide bonds. The SMILES string of the molecule is CC1(C)CCC(n2c(N)nc3cnccc32)CC1. The van der Waals surface area contributed by atoms with Crippen molar-refractivity contribution in [3.63, 3.8) is 0 Å². The molecule has 1 aliphatic rings. The number of aromatic nitrogens is 3. The molecule has 0 aliphatic heterocycles. The lowest BCUT2D eigenvalue weighted by Crippen LogP contribution is -2.24. The van der Waals surface area contributed by atoms with Crippen LogP contribution in [-0.4, -0.2) is 14.5 Å². The predicted octanol–water partition coefficient (Wildman–Crippen LogP) is 3.15. The quantitative estimate of drug-likeness (QED) is 0.838. The minimum Gasteiger partial charge on any atom is -0.369 e. The van der Waals surface area contributed by atoms with Crippen LogP contribution in [0.2, 0.25) is 0 Å². The number of rotatable bonds is 1. The van der Waals surface area contributed by atoms with Crippen LogP contribution in [0.3, 0.4) is 0 Å². The summed E-state index contributed by atoms with van der Waals surface area (Å²) in [7, 11) is 0. The second-order valence-electron chi connectivity index (χ2n) is 6.10. The summed E-state index contributed by atoms with van der Waals surface area (Å²) in [5, 5.41) is 0. The smallest absolute Gasteiger partial charge is 0.201 e. The monoisotopic (exact) mass is 244 g/mol. The number of anilines is 1. The van der Waals surface area contributed by atoms with E-state index in [4.69, 9.17) is 5.73 Å². The molecule has 2 aromatic heterocycles. The van der Waals surface area contributed by atoms with Gasteiger partial charge >= 0.3 is 0 Å². The third-order valence-corrected chi connectivity index (χ3v) is 4.19. The zero-order valence-electron chi connectivity index (χ0n) is 11.1. The van der Waals surface area contributed by atoms with Gasteiger partial charge in [-0.25, -0.2) is 4.98 Å². The zero-order valence-corrected chi connectivity index (χ0v) is 11.1. The lowest BCUT2D eigenvalue weighted by Gasteiger charge is -2.35. The Bertz CT molecular complexity index is 560. The van der Waals surface area contributed by atoms with E-state index in [2.05, 4.69) is 28.4 Å². The summed E-state index contributed by atoms with van der Waals surface area (Å²) in [5.41, 5.74) is 8.57. The van der Waals surface area contributed by atoms with Gasteiger partial charge in [0.25, 0.3) is 0 Å². The molecular formula is C14H20N4. The van der Waals surface area contributed by atoms with Gasteiger partial charge in [0, 0.05) is 12.2 Å². The molecule has 2 heterocycles. The Kier molecular flexibility index (Phi) is 2.54. The second-order valence-corrected chi connectivity index (χ2v) is 6.10. The summed E-state index contributed by atoms with van der Waals surface area (Å²) in [5.74, 6) is 0.628. The van der Waals surface area contributed by atoms with Crippen molar-refractivity contribution in [2.24, 2.45) is 5.41 Å². The summed E-state index contributed by atoms with van der Waals surface area (Å²) in [6.07, 6.45) is 8.47. The summed E-state index contributed by atoms with van der Waals surface area (Å²) in [6, 6.07) is 2.50. The Balaban J connectivity index is 1.97. The first-order valence-electron chi connectivity index (χ1n) is 6.64. The molecule has 0 bridgehead atoms. The standard InChI is InChI=1S/C14H20N4/c1-14(2)6-3-10(4-7-14)18-12-5-8-16-9-11(12)17-13(18)15/h5,8-10H,3-4,6-7H2,1-2H3,(H2,15,17). The van der Waals surface area contributed by atoms with E-state index in [0.717, 1.165) is 11.0 Å². The first kappa shape index (κ1) is 11.5. The highest BCUT2D eigenvalue weighted by molar-refractivity contribution is 5.77. The van der Waals surface area contributed by atoms with Crippen molar-refractivity contribution in [2.75, 3.05) is 5.73 Å². The zero-order chi connectivity index (χ0) is 12.8. The summed E-state index contributed by atoms with van der Waals surface area (Å²) in [4.78, 5) is 8.51. The molecule has 3 rings (SSSR count). The van der Waals surface area contributed by atoms with Crippen molar-refractivity contribution in [3.05, 3.63) is 18.5 Å². The van der Waals surface area contributed by atoms with Gasteiger partial charge in [-0.2, -0.15) is 0 Å². The molecule has 96 valence electrons. The van der Waals surface area contributed by atoms with E-state index in [1.54, 1.807) is 6.20 Å². The fourth-order valence-corrected chi connectivity index (χ4v) is 3.00. The Hall–Kier alpha value is -1.58. The third kappa shape index (κ3) is 1.85. The molecule has 0 spiro atoms. The van der Waals surface area contributed by atoms with Crippen molar-refractivity contribution >= 4 is 17.0 Å². The van der Waals surface area contributed by atoms with Gasteiger partial charge in [-0.05, 0) is 37.2 Å². The fourth-order valence-electron chi connectivity index (χ4n) is 3.00. The molecule has 0 unspecified atom stereocenters. The molecule has 1 aliphatic carbocycles. The highest BCUT2D eigenvalue weighted by atomic mass is 15.2. The van der Waals surface area contributed by atoms with Gasteiger partial charge in [-0.1, -0.05) is 13.8 Å². The van der Waals surface area contributed by atoms with E-state index in [-0.39, 0.29) is 0 Å². The van der Waals surface area contributed by atoms with E-state index in [0.29, 0.717) is 17.4 Å². The number of nitrogen functional groups attached to an aromatic ring is 1. The average Bonchev–Trinajstić information content (AvgIpc) is 2.66. The van der Waals surface area contributed by atoms with Gasteiger partial charge in [0.1, 0.15) is 5.52 Å². The van der Waals surface area contributed by atoms with E-state index >= 15 is 0 Å². The van der Waals surface area contributed by atoms with E-state index in [9.17, 15) is 0 Å². The van der Waals surface area contributed by atoms with Crippen molar-refractivity contribution in [1.29, 1.82) is 0 Å². The molecule has 0 saturated heterocycles. The Morgan fingerprint density at radius 3 is 2.78 bits per heavy atom. The Morgan fingerprint density at radius 1 is 1.33 bits per heavy atom. The van der Waals surface area contributed by atoms with Gasteiger partial charge in [0.2, 0.25) is 5.95 Å². The first-order valence-corrected chi connectivity index (χ1v) is 6.64. The van der Waals surface area contributed by atoms with Crippen LogP contribution in [0.5, 0.6) is 0 Å². The summed E-state index contributed by atoms with van der Waals surface area (Å²) >= 11 is 0. The topological polar surface area (TPSA) is 56.7 Å². The number of nitrogens with two attached hydrogens (primary N) is 1.